The van der Waals surface area contributed by atoms with Gasteiger partial charge in [-0.15, -0.1) is 0 Å². The first-order valence-electron chi connectivity index (χ1n) is 16.3. The van der Waals surface area contributed by atoms with E-state index in [1.807, 2.05) is 0 Å². The molecule has 0 fully saturated rings. The van der Waals surface area contributed by atoms with Gasteiger partial charge in [-0.3, -0.25) is 4.79 Å². The number of hydrogen-bond acceptors (Lipinski definition) is 3. The molecule has 0 aliphatic carbocycles. The van der Waals surface area contributed by atoms with Gasteiger partial charge < -0.3 is 15.5 Å². The molecule has 0 aliphatic rings. The van der Waals surface area contributed by atoms with Gasteiger partial charge in [0.2, 0.25) is 5.91 Å². The van der Waals surface area contributed by atoms with E-state index in [2.05, 4.69) is 67.8 Å². The maximum absolute atomic E-state index is 12.3. The fourth-order valence-corrected chi connectivity index (χ4v) is 4.58. The molecule has 2 unspecified atom stereocenters. The zero-order chi connectivity index (χ0) is 28.7. The fourth-order valence-electron chi connectivity index (χ4n) is 4.58. The van der Waals surface area contributed by atoms with Crippen LogP contribution in [0.2, 0.25) is 0 Å². The number of rotatable bonds is 28. The Labute approximate surface area is 242 Å². The lowest BCUT2D eigenvalue weighted by atomic mass is 10.0. The third-order valence-corrected chi connectivity index (χ3v) is 7.10. The number of allylic oxidation sites excluding steroid dienone is 8. The second kappa shape index (κ2) is 30.9. The van der Waals surface area contributed by atoms with Crippen LogP contribution in [0.1, 0.15) is 149 Å². The Morgan fingerprint density at radius 2 is 1.13 bits per heavy atom. The Morgan fingerprint density at radius 3 is 1.69 bits per heavy atom. The predicted octanol–water partition coefficient (Wildman–Crippen LogP) is 9.28. The van der Waals surface area contributed by atoms with Gasteiger partial charge in [0.1, 0.15) is 0 Å². The molecule has 1 amide bonds. The topological polar surface area (TPSA) is 69.6 Å². The van der Waals surface area contributed by atoms with Crippen molar-refractivity contribution in [3.05, 3.63) is 48.6 Å². The Bertz CT molecular complexity index is 638. The molecule has 226 valence electrons. The summed E-state index contributed by atoms with van der Waals surface area (Å²) in [5.74, 6) is -0.0601. The zero-order valence-corrected chi connectivity index (χ0v) is 25.6. The second-order valence-electron chi connectivity index (χ2n) is 10.8. The standard InChI is InChI=1S/C35H63NO3/c1-3-5-7-9-11-13-15-16-17-18-19-20-21-23-25-27-29-31-35(39)36-33(32-37)34(38)30-28-26-24-22-14-12-10-8-6-4-2/h5,7,11,13,16-17,19-20,33-34,37-38H,3-4,6,8-10,12,14-15,18,21-32H2,1-2H3,(H,36,39)/b7-5-,13-11-,17-16-,20-19-. The normalized spacial score (nSPS) is 13.8. The van der Waals surface area contributed by atoms with Crippen LogP contribution < -0.4 is 5.32 Å². The van der Waals surface area contributed by atoms with Crippen LogP contribution in [0.15, 0.2) is 48.6 Å². The molecule has 0 aromatic rings. The van der Waals surface area contributed by atoms with Crippen molar-refractivity contribution in [2.24, 2.45) is 0 Å². The summed E-state index contributed by atoms with van der Waals surface area (Å²) in [6, 6.07) is -0.547. The van der Waals surface area contributed by atoms with E-state index in [9.17, 15) is 15.0 Å². The van der Waals surface area contributed by atoms with Gasteiger partial charge in [-0.25, -0.2) is 0 Å². The Balaban J connectivity index is 3.68. The van der Waals surface area contributed by atoms with Crippen LogP contribution >= 0.6 is 0 Å². The number of hydrogen-bond donors (Lipinski definition) is 3. The van der Waals surface area contributed by atoms with Crippen LogP contribution in [0.5, 0.6) is 0 Å². The van der Waals surface area contributed by atoms with Crippen LogP contribution in [0.4, 0.5) is 0 Å². The number of unbranched alkanes of at least 4 members (excludes halogenated alkanes) is 13. The summed E-state index contributed by atoms with van der Waals surface area (Å²) >= 11 is 0. The molecule has 0 aromatic carbocycles. The molecule has 0 aliphatic heterocycles. The van der Waals surface area contributed by atoms with Gasteiger partial charge in [-0.05, 0) is 51.4 Å². The summed E-state index contributed by atoms with van der Waals surface area (Å²) in [4.78, 5) is 12.3. The molecule has 39 heavy (non-hydrogen) atoms. The minimum absolute atomic E-state index is 0.0601. The first-order chi connectivity index (χ1) is 19.2. The number of carbonyl (C=O) groups excluding carboxylic acids is 1. The summed E-state index contributed by atoms with van der Waals surface area (Å²) in [6.45, 7) is 4.19. The van der Waals surface area contributed by atoms with Crippen molar-refractivity contribution in [2.75, 3.05) is 6.61 Å². The summed E-state index contributed by atoms with van der Waals surface area (Å²) < 4.78 is 0. The van der Waals surface area contributed by atoms with Crippen molar-refractivity contribution in [1.29, 1.82) is 0 Å². The lowest BCUT2D eigenvalue weighted by Crippen LogP contribution is -2.45. The molecular weight excluding hydrogens is 482 g/mol. The van der Waals surface area contributed by atoms with Crippen molar-refractivity contribution in [3.8, 4) is 0 Å². The summed E-state index contributed by atoms with van der Waals surface area (Å²) in [7, 11) is 0. The molecule has 0 bridgehead atoms. The Kier molecular flexibility index (Phi) is 29.6. The van der Waals surface area contributed by atoms with Gasteiger partial charge >= 0.3 is 0 Å². The average molecular weight is 546 g/mol. The Morgan fingerprint density at radius 1 is 0.641 bits per heavy atom. The fraction of sp³-hybridized carbons (Fsp3) is 0.743. The van der Waals surface area contributed by atoms with Crippen LogP contribution in [0, 0.1) is 0 Å². The number of carbonyl (C=O) groups is 1. The third-order valence-electron chi connectivity index (χ3n) is 7.10. The van der Waals surface area contributed by atoms with Gasteiger partial charge in [-0.2, -0.15) is 0 Å². The van der Waals surface area contributed by atoms with E-state index >= 15 is 0 Å². The van der Waals surface area contributed by atoms with Crippen molar-refractivity contribution < 1.29 is 15.0 Å². The van der Waals surface area contributed by atoms with E-state index in [1.165, 1.54) is 51.4 Å². The summed E-state index contributed by atoms with van der Waals surface area (Å²) in [5, 5.41) is 22.9. The molecule has 0 radical (unpaired) electrons. The molecule has 0 aromatic heterocycles. The SMILES string of the molecule is CC/C=C\C/C=C\C/C=C\C/C=C\CCCCCCC(=O)NC(CO)C(O)CCCCCCCCCCCC. The quantitative estimate of drug-likeness (QED) is 0.0677. The van der Waals surface area contributed by atoms with E-state index in [-0.39, 0.29) is 12.5 Å². The Hall–Kier alpha value is -1.65. The lowest BCUT2D eigenvalue weighted by molar-refractivity contribution is -0.123. The van der Waals surface area contributed by atoms with Crippen molar-refractivity contribution in [3.63, 3.8) is 0 Å². The molecule has 3 N–H and O–H groups in total. The van der Waals surface area contributed by atoms with E-state index in [0.717, 1.165) is 70.6 Å². The molecule has 4 heteroatoms. The number of aliphatic hydroxyl groups is 2. The van der Waals surface area contributed by atoms with E-state index < -0.39 is 12.1 Å². The molecule has 0 heterocycles. The average Bonchev–Trinajstić information content (AvgIpc) is 2.94. The van der Waals surface area contributed by atoms with Gasteiger partial charge in [0.15, 0.2) is 0 Å². The molecule has 0 saturated carbocycles. The minimum Gasteiger partial charge on any atom is -0.394 e. The molecule has 2 atom stereocenters. The van der Waals surface area contributed by atoms with Crippen LogP contribution in [0.3, 0.4) is 0 Å². The number of amides is 1. The molecule has 0 saturated heterocycles. The maximum atomic E-state index is 12.3. The van der Waals surface area contributed by atoms with Crippen molar-refractivity contribution in [2.45, 2.75) is 161 Å². The summed E-state index contributed by atoms with van der Waals surface area (Å²) in [6.07, 6.45) is 40.1. The largest absolute Gasteiger partial charge is 0.394 e. The monoisotopic (exact) mass is 545 g/mol. The summed E-state index contributed by atoms with van der Waals surface area (Å²) in [5.41, 5.74) is 0. The van der Waals surface area contributed by atoms with Gasteiger partial charge in [0.05, 0.1) is 18.8 Å². The second-order valence-corrected chi connectivity index (χ2v) is 10.8. The smallest absolute Gasteiger partial charge is 0.220 e. The van der Waals surface area contributed by atoms with Crippen LogP contribution in [-0.2, 0) is 4.79 Å². The highest BCUT2D eigenvalue weighted by Gasteiger charge is 2.19. The van der Waals surface area contributed by atoms with Crippen molar-refractivity contribution in [1.82, 2.24) is 5.32 Å². The van der Waals surface area contributed by atoms with E-state index in [0.29, 0.717) is 12.8 Å². The molecule has 0 spiro atoms. The zero-order valence-electron chi connectivity index (χ0n) is 25.6. The first-order valence-corrected chi connectivity index (χ1v) is 16.3. The van der Waals surface area contributed by atoms with Crippen molar-refractivity contribution >= 4 is 5.91 Å². The predicted molar refractivity (Wildman–Crippen MR) is 170 cm³/mol. The molecule has 0 rings (SSSR count). The van der Waals surface area contributed by atoms with Gasteiger partial charge in [-0.1, -0.05) is 140 Å². The van der Waals surface area contributed by atoms with Gasteiger partial charge in [0.25, 0.3) is 0 Å². The lowest BCUT2D eigenvalue weighted by Gasteiger charge is -2.22. The van der Waals surface area contributed by atoms with E-state index in [1.54, 1.807) is 0 Å². The van der Waals surface area contributed by atoms with Crippen LogP contribution in [0.25, 0.3) is 0 Å². The highest BCUT2D eigenvalue weighted by molar-refractivity contribution is 5.76. The molecule has 4 nitrogen and oxygen atoms in total. The van der Waals surface area contributed by atoms with Crippen LogP contribution in [-0.4, -0.2) is 34.9 Å². The van der Waals surface area contributed by atoms with E-state index in [4.69, 9.17) is 0 Å². The van der Waals surface area contributed by atoms with Gasteiger partial charge in [0, 0.05) is 6.42 Å². The first kappa shape index (κ1) is 37.4. The highest BCUT2D eigenvalue weighted by Crippen LogP contribution is 2.13. The number of aliphatic hydroxyl groups excluding tert-OH is 2. The minimum atomic E-state index is -0.668. The highest BCUT2D eigenvalue weighted by atomic mass is 16.3. The number of nitrogens with one attached hydrogen (secondary N) is 1. The maximum Gasteiger partial charge on any atom is 0.220 e. The third kappa shape index (κ3) is 27.7. The molecular formula is C35H63NO3.